The largest absolute Gasteiger partial charge is 0.416 e. The van der Waals surface area contributed by atoms with Gasteiger partial charge in [0.2, 0.25) is 0 Å². The molecule has 1 aliphatic rings. The van der Waals surface area contributed by atoms with Gasteiger partial charge in [0.25, 0.3) is 11.8 Å². The van der Waals surface area contributed by atoms with Crippen LogP contribution >= 0.6 is 11.6 Å². The van der Waals surface area contributed by atoms with Gasteiger partial charge in [0.1, 0.15) is 11.0 Å². The minimum absolute atomic E-state index is 0.0403. The smallest absolute Gasteiger partial charge is 0.274 e. The third-order valence-electron chi connectivity index (χ3n) is 4.93. The molecular weight excluding hydrogens is 419 g/mol. The predicted molar refractivity (Wildman–Crippen MR) is 104 cm³/mol. The SMILES string of the molecule is O=C1c2ccccc2C(=O)N1CCCCc1nc(Cl)c2cc(C(F)(F)F)ccc2n1. The number of aromatic nitrogens is 2. The Bertz CT molecular complexity index is 1130. The lowest BCUT2D eigenvalue weighted by atomic mass is 10.1. The molecule has 0 fully saturated rings. The van der Waals surface area contributed by atoms with Crippen molar-refractivity contribution in [1.29, 1.82) is 0 Å². The summed E-state index contributed by atoms with van der Waals surface area (Å²) in [6, 6.07) is 9.85. The van der Waals surface area contributed by atoms with Crippen LogP contribution in [-0.4, -0.2) is 33.2 Å². The Kier molecular flexibility index (Phi) is 5.19. The Labute approximate surface area is 174 Å². The fourth-order valence-electron chi connectivity index (χ4n) is 3.42. The van der Waals surface area contributed by atoms with E-state index >= 15 is 0 Å². The highest BCUT2D eigenvalue weighted by atomic mass is 35.5. The highest BCUT2D eigenvalue weighted by molar-refractivity contribution is 6.34. The molecule has 3 aromatic rings. The second-order valence-electron chi connectivity index (χ2n) is 6.92. The molecule has 4 rings (SSSR count). The first-order chi connectivity index (χ1) is 14.3. The van der Waals surface area contributed by atoms with Gasteiger partial charge in [-0.25, -0.2) is 9.97 Å². The molecule has 1 aromatic heterocycles. The van der Waals surface area contributed by atoms with Crippen molar-refractivity contribution in [2.75, 3.05) is 6.54 Å². The van der Waals surface area contributed by atoms with Crippen LogP contribution in [0.1, 0.15) is 44.9 Å². The van der Waals surface area contributed by atoms with E-state index in [1.54, 1.807) is 24.3 Å². The van der Waals surface area contributed by atoms with E-state index in [2.05, 4.69) is 9.97 Å². The Morgan fingerprint density at radius 2 is 1.60 bits per heavy atom. The van der Waals surface area contributed by atoms with E-state index < -0.39 is 11.7 Å². The number of amides is 2. The van der Waals surface area contributed by atoms with Gasteiger partial charge in [-0.15, -0.1) is 0 Å². The third kappa shape index (κ3) is 3.75. The van der Waals surface area contributed by atoms with Gasteiger partial charge in [-0.3, -0.25) is 14.5 Å². The summed E-state index contributed by atoms with van der Waals surface area (Å²) < 4.78 is 38.6. The second kappa shape index (κ2) is 7.68. The first-order valence-electron chi connectivity index (χ1n) is 9.24. The van der Waals surface area contributed by atoms with Crippen LogP contribution in [0.25, 0.3) is 10.9 Å². The maximum Gasteiger partial charge on any atom is 0.416 e. The number of nitrogens with zero attached hydrogens (tertiary/aromatic N) is 3. The van der Waals surface area contributed by atoms with E-state index in [0.29, 0.717) is 41.7 Å². The lowest BCUT2D eigenvalue weighted by molar-refractivity contribution is -0.137. The fourth-order valence-corrected chi connectivity index (χ4v) is 3.67. The summed E-state index contributed by atoms with van der Waals surface area (Å²) in [5, 5.41) is 0.0997. The molecule has 5 nitrogen and oxygen atoms in total. The highest BCUT2D eigenvalue weighted by Gasteiger charge is 2.34. The summed E-state index contributed by atoms with van der Waals surface area (Å²) in [4.78, 5) is 34.3. The van der Waals surface area contributed by atoms with Gasteiger partial charge in [-0.05, 0) is 43.2 Å². The van der Waals surface area contributed by atoms with Crippen LogP contribution in [0.3, 0.4) is 0 Å². The Morgan fingerprint density at radius 3 is 2.23 bits per heavy atom. The number of unbranched alkanes of at least 4 members (excludes halogenated alkanes) is 1. The summed E-state index contributed by atoms with van der Waals surface area (Å²) in [5.74, 6) is -0.211. The molecule has 0 atom stereocenters. The van der Waals surface area contributed by atoms with Gasteiger partial charge in [-0.1, -0.05) is 23.7 Å². The van der Waals surface area contributed by atoms with E-state index in [1.807, 2.05) is 0 Å². The molecule has 0 saturated carbocycles. The molecule has 0 aliphatic carbocycles. The Hall–Kier alpha value is -3.00. The average Bonchev–Trinajstić information content (AvgIpc) is 2.95. The van der Waals surface area contributed by atoms with Crippen LogP contribution in [0.4, 0.5) is 13.2 Å². The molecule has 154 valence electrons. The zero-order chi connectivity index (χ0) is 21.5. The number of halogens is 4. The van der Waals surface area contributed by atoms with Crippen LogP contribution in [0.2, 0.25) is 5.15 Å². The fraction of sp³-hybridized carbons (Fsp3) is 0.238. The molecule has 0 N–H and O–H groups in total. The lowest BCUT2D eigenvalue weighted by Crippen LogP contribution is -2.30. The zero-order valence-corrected chi connectivity index (χ0v) is 16.3. The molecule has 0 radical (unpaired) electrons. The van der Waals surface area contributed by atoms with Crippen LogP contribution in [0.5, 0.6) is 0 Å². The number of benzene rings is 2. The highest BCUT2D eigenvalue weighted by Crippen LogP contribution is 2.32. The van der Waals surface area contributed by atoms with Gasteiger partial charge in [0.05, 0.1) is 22.2 Å². The van der Waals surface area contributed by atoms with Crippen molar-refractivity contribution in [3.63, 3.8) is 0 Å². The van der Waals surface area contributed by atoms with Crippen molar-refractivity contribution in [2.24, 2.45) is 0 Å². The summed E-state index contributed by atoms with van der Waals surface area (Å²) in [7, 11) is 0. The van der Waals surface area contributed by atoms with Gasteiger partial charge in [-0.2, -0.15) is 13.2 Å². The number of hydrogen-bond acceptors (Lipinski definition) is 4. The molecule has 0 saturated heterocycles. The number of hydrogen-bond donors (Lipinski definition) is 0. The van der Waals surface area contributed by atoms with Crippen LogP contribution in [0.15, 0.2) is 42.5 Å². The number of fused-ring (bicyclic) bond motifs is 2. The monoisotopic (exact) mass is 433 g/mol. The number of alkyl halides is 3. The van der Waals surface area contributed by atoms with Crippen molar-refractivity contribution in [2.45, 2.75) is 25.4 Å². The van der Waals surface area contributed by atoms with E-state index in [0.717, 1.165) is 12.1 Å². The van der Waals surface area contributed by atoms with E-state index in [4.69, 9.17) is 11.6 Å². The minimum atomic E-state index is -4.47. The summed E-state index contributed by atoms with van der Waals surface area (Å²) >= 11 is 6.07. The number of carbonyl (C=O) groups is 2. The molecule has 0 spiro atoms. The van der Waals surface area contributed by atoms with Gasteiger partial charge in [0.15, 0.2) is 0 Å². The molecule has 9 heteroatoms. The van der Waals surface area contributed by atoms with Crippen molar-refractivity contribution in [3.8, 4) is 0 Å². The van der Waals surface area contributed by atoms with Crippen molar-refractivity contribution in [1.82, 2.24) is 14.9 Å². The predicted octanol–water partition coefficient (Wildman–Crippen LogP) is 4.92. The van der Waals surface area contributed by atoms with Gasteiger partial charge in [0, 0.05) is 18.4 Å². The number of carbonyl (C=O) groups excluding carboxylic acids is 2. The van der Waals surface area contributed by atoms with Gasteiger partial charge >= 0.3 is 6.18 Å². The number of imide groups is 1. The summed E-state index contributed by atoms with van der Waals surface area (Å²) in [5.41, 5.74) is 0.336. The van der Waals surface area contributed by atoms with Gasteiger partial charge < -0.3 is 0 Å². The second-order valence-corrected chi connectivity index (χ2v) is 7.28. The topological polar surface area (TPSA) is 63.2 Å². The Morgan fingerprint density at radius 1 is 0.933 bits per heavy atom. The van der Waals surface area contributed by atoms with E-state index in [-0.39, 0.29) is 28.9 Å². The standard InChI is InChI=1S/C21H15ClF3N3O2/c22-18-15-11-12(21(23,24)25)8-9-16(15)26-17(27-18)7-3-4-10-28-19(29)13-5-1-2-6-14(13)20(28)30/h1-2,5-6,8-9,11H,3-4,7,10H2. The quantitative estimate of drug-likeness (QED) is 0.325. The maximum atomic E-state index is 12.9. The van der Waals surface area contributed by atoms with Crippen LogP contribution < -0.4 is 0 Å². The molecular formula is C21H15ClF3N3O2. The number of rotatable bonds is 5. The first kappa shape index (κ1) is 20.3. The minimum Gasteiger partial charge on any atom is -0.274 e. The molecule has 0 bridgehead atoms. The first-order valence-corrected chi connectivity index (χ1v) is 9.62. The summed E-state index contributed by atoms with van der Waals surface area (Å²) in [6.07, 6.45) is -2.94. The third-order valence-corrected chi connectivity index (χ3v) is 5.22. The molecule has 0 unspecified atom stereocenters. The van der Waals surface area contributed by atoms with E-state index in [9.17, 15) is 22.8 Å². The number of aryl methyl sites for hydroxylation is 1. The molecule has 30 heavy (non-hydrogen) atoms. The summed E-state index contributed by atoms with van der Waals surface area (Å²) in [6.45, 7) is 0.266. The van der Waals surface area contributed by atoms with Crippen molar-refractivity contribution >= 4 is 34.3 Å². The molecule has 2 aromatic carbocycles. The lowest BCUT2D eigenvalue weighted by Gasteiger charge is -2.13. The molecule has 1 aliphatic heterocycles. The van der Waals surface area contributed by atoms with Crippen LogP contribution in [-0.2, 0) is 12.6 Å². The average molecular weight is 434 g/mol. The Balaban J connectivity index is 1.40. The molecule has 2 amide bonds. The normalized spacial score (nSPS) is 13.9. The maximum absolute atomic E-state index is 12.9. The zero-order valence-electron chi connectivity index (χ0n) is 15.5. The van der Waals surface area contributed by atoms with E-state index in [1.165, 1.54) is 11.0 Å². The van der Waals surface area contributed by atoms with Crippen LogP contribution in [0, 0.1) is 0 Å². The van der Waals surface area contributed by atoms with Crippen molar-refractivity contribution in [3.05, 3.63) is 70.1 Å². The van der Waals surface area contributed by atoms with Crippen molar-refractivity contribution < 1.29 is 22.8 Å². The molecule has 2 heterocycles.